The summed E-state index contributed by atoms with van der Waals surface area (Å²) in [7, 11) is 1.86. The SMILES string of the molecule is COc1c([N+](=O)[O-])c(Cl)c([N+](=O)[O-])c(OC)c1[N+](=O)[O-]. The second-order valence-corrected chi connectivity index (χ2v) is 3.58. The van der Waals surface area contributed by atoms with Crippen molar-refractivity contribution in [3.63, 3.8) is 0 Å². The smallest absolute Gasteiger partial charge is 0.367 e. The molecule has 0 aliphatic rings. The van der Waals surface area contributed by atoms with Crippen molar-refractivity contribution in [3.8, 4) is 11.5 Å². The van der Waals surface area contributed by atoms with Gasteiger partial charge >= 0.3 is 17.1 Å². The van der Waals surface area contributed by atoms with Gasteiger partial charge in [-0.15, -0.1) is 0 Å². The Hall–Kier alpha value is -2.69. The van der Waals surface area contributed by atoms with Crippen LogP contribution >= 0.6 is 11.6 Å². The molecule has 1 aromatic rings. The van der Waals surface area contributed by atoms with E-state index >= 15 is 0 Å². The molecule has 108 valence electrons. The molecule has 0 aliphatic carbocycles. The molecular weight excluding hydrogens is 302 g/mol. The molecule has 20 heavy (non-hydrogen) atoms. The van der Waals surface area contributed by atoms with Gasteiger partial charge < -0.3 is 9.47 Å². The van der Waals surface area contributed by atoms with Crippen molar-refractivity contribution in [1.29, 1.82) is 0 Å². The van der Waals surface area contributed by atoms with Gasteiger partial charge in [0.1, 0.15) is 0 Å². The molecule has 0 amide bonds. The van der Waals surface area contributed by atoms with Gasteiger partial charge in [-0.05, 0) is 0 Å². The Bertz CT molecular complexity index is 573. The second kappa shape index (κ2) is 5.52. The molecule has 0 N–H and O–H groups in total. The molecule has 12 heteroatoms. The fourth-order valence-electron chi connectivity index (χ4n) is 1.52. The van der Waals surface area contributed by atoms with Crippen molar-refractivity contribution >= 4 is 28.7 Å². The molecule has 0 unspecified atom stereocenters. The highest BCUT2D eigenvalue weighted by atomic mass is 35.5. The summed E-state index contributed by atoms with van der Waals surface area (Å²) in [6, 6.07) is 0. The van der Waals surface area contributed by atoms with Crippen LogP contribution in [-0.2, 0) is 0 Å². The first-order valence-electron chi connectivity index (χ1n) is 4.68. The zero-order valence-corrected chi connectivity index (χ0v) is 10.7. The van der Waals surface area contributed by atoms with Crippen LogP contribution in [0.1, 0.15) is 0 Å². The van der Waals surface area contributed by atoms with Gasteiger partial charge in [-0.25, -0.2) is 0 Å². The van der Waals surface area contributed by atoms with Crippen molar-refractivity contribution in [2.75, 3.05) is 14.2 Å². The standard InChI is InChI=1S/C8H6ClN3O8/c1-19-7-4(10(13)14)3(9)5(11(15)16)8(20-2)6(7)12(17)18/h1-2H3. The summed E-state index contributed by atoms with van der Waals surface area (Å²) >= 11 is 5.58. The van der Waals surface area contributed by atoms with Gasteiger partial charge in [0.2, 0.25) is 5.02 Å². The van der Waals surface area contributed by atoms with Crippen LogP contribution in [0.2, 0.25) is 5.02 Å². The fraction of sp³-hybridized carbons (Fsp3) is 0.250. The normalized spacial score (nSPS) is 9.95. The van der Waals surface area contributed by atoms with Crippen LogP contribution in [0, 0.1) is 30.3 Å². The molecule has 0 bridgehead atoms. The van der Waals surface area contributed by atoms with E-state index in [0.717, 1.165) is 14.2 Å². The quantitative estimate of drug-likeness (QED) is 0.592. The lowest BCUT2D eigenvalue weighted by molar-refractivity contribution is -0.405. The van der Waals surface area contributed by atoms with Gasteiger partial charge in [0.05, 0.1) is 29.0 Å². The monoisotopic (exact) mass is 307 g/mol. The molecule has 0 saturated carbocycles. The zero-order valence-electron chi connectivity index (χ0n) is 9.99. The van der Waals surface area contributed by atoms with Crippen LogP contribution in [-0.4, -0.2) is 29.0 Å². The number of nitro groups is 3. The highest BCUT2D eigenvalue weighted by molar-refractivity contribution is 6.35. The first kappa shape index (κ1) is 15.4. The third-order valence-corrected chi connectivity index (χ3v) is 2.59. The Kier molecular flexibility index (Phi) is 4.24. The van der Waals surface area contributed by atoms with Crippen molar-refractivity contribution in [2.45, 2.75) is 0 Å². The number of hydrogen-bond acceptors (Lipinski definition) is 8. The van der Waals surface area contributed by atoms with Crippen LogP contribution < -0.4 is 9.47 Å². The van der Waals surface area contributed by atoms with Gasteiger partial charge in [0.15, 0.2) is 0 Å². The highest BCUT2D eigenvalue weighted by Gasteiger charge is 2.43. The maximum Gasteiger partial charge on any atom is 0.367 e. The van der Waals surface area contributed by atoms with Crippen LogP contribution in [0.3, 0.4) is 0 Å². The highest BCUT2D eigenvalue weighted by Crippen LogP contribution is 2.54. The van der Waals surface area contributed by atoms with Gasteiger partial charge in [0.25, 0.3) is 11.5 Å². The maximum atomic E-state index is 11.0. The largest absolute Gasteiger partial charge is 0.485 e. The Morgan fingerprint density at radius 1 is 0.800 bits per heavy atom. The molecule has 0 atom stereocenters. The lowest BCUT2D eigenvalue weighted by Gasteiger charge is -2.09. The number of nitro benzene ring substituents is 3. The zero-order chi connectivity index (χ0) is 15.6. The van der Waals surface area contributed by atoms with E-state index in [4.69, 9.17) is 11.6 Å². The molecule has 0 aromatic heterocycles. The third-order valence-electron chi connectivity index (χ3n) is 2.23. The number of hydrogen-bond donors (Lipinski definition) is 0. The minimum absolute atomic E-state index is 0.826. The number of nitrogens with zero attached hydrogens (tertiary/aromatic N) is 3. The molecule has 1 aromatic carbocycles. The lowest BCUT2D eigenvalue weighted by atomic mass is 10.2. The van der Waals surface area contributed by atoms with Crippen molar-refractivity contribution in [3.05, 3.63) is 35.4 Å². The summed E-state index contributed by atoms with van der Waals surface area (Å²) in [6.07, 6.45) is 0. The van der Waals surface area contributed by atoms with E-state index in [1.54, 1.807) is 0 Å². The molecule has 0 aliphatic heterocycles. The Morgan fingerprint density at radius 2 is 1.10 bits per heavy atom. The van der Waals surface area contributed by atoms with Gasteiger partial charge in [-0.3, -0.25) is 30.3 Å². The molecule has 11 nitrogen and oxygen atoms in total. The van der Waals surface area contributed by atoms with Crippen molar-refractivity contribution in [1.82, 2.24) is 0 Å². The lowest BCUT2D eigenvalue weighted by Crippen LogP contribution is -2.05. The van der Waals surface area contributed by atoms with E-state index in [9.17, 15) is 30.3 Å². The molecule has 0 fully saturated rings. The molecule has 0 spiro atoms. The summed E-state index contributed by atoms with van der Waals surface area (Å²) in [5.41, 5.74) is -3.19. The van der Waals surface area contributed by atoms with Gasteiger partial charge in [-0.1, -0.05) is 11.6 Å². The Labute approximate surface area is 115 Å². The van der Waals surface area contributed by atoms with Crippen LogP contribution in [0.25, 0.3) is 0 Å². The predicted molar refractivity (Wildman–Crippen MR) is 64.5 cm³/mol. The van der Waals surface area contributed by atoms with E-state index in [-0.39, 0.29) is 0 Å². The minimum Gasteiger partial charge on any atom is -0.485 e. The van der Waals surface area contributed by atoms with E-state index in [1.165, 1.54) is 0 Å². The fourth-order valence-corrected chi connectivity index (χ4v) is 1.83. The van der Waals surface area contributed by atoms with Crippen LogP contribution in [0.15, 0.2) is 0 Å². The van der Waals surface area contributed by atoms with E-state index in [0.29, 0.717) is 0 Å². The van der Waals surface area contributed by atoms with Gasteiger partial charge in [-0.2, -0.15) is 0 Å². The van der Waals surface area contributed by atoms with Gasteiger partial charge in [0, 0.05) is 0 Å². The Balaban J connectivity index is 4.05. The second-order valence-electron chi connectivity index (χ2n) is 3.20. The Morgan fingerprint density at radius 3 is 1.30 bits per heavy atom. The summed E-state index contributed by atoms with van der Waals surface area (Å²) in [6.45, 7) is 0. The number of methoxy groups -OCH3 is 2. The molecular formula is C8H6ClN3O8. The summed E-state index contributed by atoms with van der Waals surface area (Å²) in [4.78, 5) is 29.5. The summed E-state index contributed by atoms with van der Waals surface area (Å²) in [5.74, 6) is -1.65. The first-order chi connectivity index (χ1) is 9.27. The minimum atomic E-state index is -1.11. The summed E-state index contributed by atoms with van der Waals surface area (Å²) in [5, 5.41) is 31.9. The molecule has 0 radical (unpaired) electrons. The average molecular weight is 308 g/mol. The third kappa shape index (κ3) is 2.25. The topological polar surface area (TPSA) is 148 Å². The number of ether oxygens (including phenoxy) is 2. The predicted octanol–water partition coefficient (Wildman–Crippen LogP) is 2.08. The average Bonchev–Trinajstić information content (AvgIpc) is 2.35. The van der Waals surface area contributed by atoms with Crippen molar-refractivity contribution < 1.29 is 24.2 Å². The molecule has 0 saturated heterocycles. The molecule has 0 heterocycles. The van der Waals surface area contributed by atoms with E-state index in [2.05, 4.69) is 9.47 Å². The van der Waals surface area contributed by atoms with Crippen LogP contribution in [0.4, 0.5) is 17.1 Å². The summed E-state index contributed by atoms with van der Waals surface area (Å²) < 4.78 is 9.17. The number of benzene rings is 1. The first-order valence-corrected chi connectivity index (χ1v) is 5.06. The number of rotatable bonds is 5. The molecule has 1 rings (SSSR count). The maximum absolute atomic E-state index is 11.0. The van der Waals surface area contributed by atoms with Crippen molar-refractivity contribution in [2.24, 2.45) is 0 Å². The van der Waals surface area contributed by atoms with E-state index < -0.39 is 48.4 Å². The van der Waals surface area contributed by atoms with E-state index in [1.807, 2.05) is 0 Å². The van der Waals surface area contributed by atoms with Crippen LogP contribution in [0.5, 0.6) is 11.5 Å². The number of halogens is 1.